The summed E-state index contributed by atoms with van der Waals surface area (Å²) in [7, 11) is 0. The minimum absolute atomic E-state index is 0.443. The number of hydrogen-bond acceptors (Lipinski definition) is 4. The van der Waals surface area contributed by atoms with Gasteiger partial charge in [0, 0.05) is 30.5 Å². The van der Waals surface area contributed by atoms with Crippen LogP contribution in [0.15, 0.2) is 30.0 Å². The molecule has 3 rings (SSSR count). The van der Waals surface area contributed by atoms with E-state index < -0.39 is 0 Å². The van der Waals surface area contributed by atoms with Gasteiger partial charge in [-0.05, 0) is 31.0 Å². The van der Waals surface area contributed by atoms with Crippen molar-refractivity contribution in [1.29, 1.82) is 0 Å². The van der Waals surface area contributed by atoms with Crippen molar-refractivity contribution in [2.45, 2.75) is 31.8 Å². The number of pyridine rings is 1. The molecule has 0 aromatic carbocycles. The highest BCUT2D eigenvalue weighted by Gasteiger charge is 2.26. The molecule has 0 radical (unpaired) electrons. The molecule has 5 heteroatoms. The fraction of sp³-hybridized carbons (Fsp3) is 0.429. The molecule has 1 atom stereocenters. The van der Waals surface area contributed by atoms with Crippen molar-refractivity contribution >= 4 is 22.9 Å². The van der Waals surface area contributed by atoms with E-state index in [1.165, 1.54) is 24.3 Å². The highest BCUT2D eigenvalue weighted by Crippen LogP contribution is 2.33. The zero-order valence-electron chi connectivity index (χ0n) is 10.6. The van der Waals surface area contributed by atoms with Crippen LogP contribution in [0.5, 0.6) is 0 Å². The van der Waals surface area contributed by atoms with Gasteiger partial charge in [-0.2, -0.15) is 0 Å². The Morgan fingerprint density at radius 1 is 1.37 bits per heavy atom. The zero-order valence-corrected chi connectivity index (χ0v) is 12.2. The van der Waals surface area contributed by atoms with E-state index in [-0.39, 0.29) is 0 Å². The summed E-state index contributed by atoms with van der Waals surface area (Å²) in [5.74, 6) is 0. The van der Waals surface area contributed by atoms with Gasteiger partial charge in [-0.25, -0.2) is 4.98 Å². The van der Waals surface area contributed by atoms with Crippen molar-refractivity contribution in [3.63, 3.8) is 0 Å². The third-order valence-corrected chi connectivity index (χ3v) is 4.80. The largest absolute Gasteiger partial charge is 0.290 e. The Labute approximate surface area is 122 Å². The molecular formula is C14H16ClN3S. The average Bonchev–Trinajstić information content (AvgIpc) is 2.96. The second-order valence-electron chi connectivity index (χ2n) is 4.82. The van der Waals surface area contributed by atoms with E-state index in [4.69, 9.17) is 11.6 Å². The van der Waals surface area contributed by atoms with Crippen LogP contribution in [0.25, 0.3) is 0 Å². The SMILES string of the molecule is Clc1cnccc1CN1CCCC[C@@H]1c1nccs1. The maximum Gasteiger partial charge on any atom is 0.110 e. The van der Waals surface area contributed by atoms with Gasteiger partial charge < -0.3 is 0 Å². The van der Waals surface area contributed by atoms with Crippen molar-refractivity contribution < 1.29 is 0 Å². The molecule has 0 aliphatic carbocycles. The van der Waals surface area contributed by atoms with Crippen LogP contribution in [0.2, 0.25) is 5.02 Å². The molecule has 2 aromatic rings. The second-order valence-corrected chi connectivity index (χ2v) is 6.15. The lowest BCUT2D eigenvalue weighted by molar-refractivity contribution is 0.140. The number of hydrogen-bond donors (Lipinski definition) is 0. The molecule has 3 heterocycles. The van der Waals surface area contributed by atoms with Gasteiger partial charge in [-0.3, -0.25) is 9.88 Å². The first-order valence-corrected chi connectivity index (χ1v) is 7.82. The van der Waals surface area contributed by atoms with Crippen molar-refractivity contribution in [1.82, 2.24) is 14.9 Å². The van der Waals surface area contributed by atoms with Gasteiger partial charge in [-0.1, -0.05) is 18.0 Å². The van der Waals surface area contributed by atoms with E-state index in [1.54, 1.807) is 17.5 Å². The first-order valence-electron chi connectivity index (χ1n) is 6.56. The maximum atomic E-state index is 6.21. The Bertz CT molecular complexity index is 529. The molecule has 0 amide bonds. The quantitative estimate of drug-likeness (QED) is 0.859. The van der Waals surface area contributed by atoms with Crippen LogP contribution in [-0.4, -0.2) is 21.4 Å². The molecule has 1 fully saturated rings. The van der Waals surface area contributed by atoms with Crippen molar-refractivity contribution in [2.75, 3.05) is 6.54 Å². The lowest BCUT2D eigenvalue weighted by Crippen LogP contribution is -2.32. The predicted molar refractivity (Wildman–Crippen MR) is 78.4 cm³/mol. The minimum Gasteiger partial charge on any atom is -0.290 e. The first-order chi connectivity index (χ1) is 9.34. The minimum atomic E-state index is 0.443. The number of halogens is 1. The van der Waals surface area contributed by atoms with E-state index >= 15 is 0 Å². The summed E-state index contributed by atoms with van der Waals surface area (Å²) in [4.78, 5) is 11.0. The predicted octanol–water partition coefficient (Wildman–Crippen LogP) is 3.92. The molecular weight excluding hydrogens is 278 g/mol. The number of thiazole rings is 1. The van der Waals surface area contributed by atoms with Gasteiger partial charge in [-0.15, -0.1) is 11.3 Å². The Morgan fingerprint density at radius 3 is 3.11 bits per heavy atom. The molecule has 19 heavy (non-hydrogen) atoms. The monoisotopic (exact) mass is 293 g/mol. The molecule has 0 saturated carbocycles. The lowest BCUT2D eigenvalue weighted by Gasteiger charge is -2.34. The van der Waals surface area contributed by atoms with Crippen LogP contribution in [0.3, 0.4) is 0 Å². The Hall–Kier alpha value is -0.970. The topological polar surface area (TPSA) is 29.0 Å². The third kappa shape index (κ3) is 2.96. The number of aromatic nitrogens is 2. The van der Waals surface area contributed by atoms with Crippen LogP contribution in [-0.2, 0) is 6.54 Å². The summed E-state index contributed by atoms with van der Waals surface area (Å²) < 4.78 is 0. The van der Waals surface area contributed by atoms with Crippen LogP contribution < -0.4 is 0 Å². The number of piperidine rings is 1. The van der Waals surface area contributed by atoms with Crippen LogP contribution >= 0.6 is 22.9 Å². The Morgan fingerprint density at radius 2 is 2.32 bits per heavy atom. The van der Waals surface area contributed by atoms with Crippen LogP contribution in [0.1, 0.15) is 35.9 Å². The lowest BCUT2D eigenvalue weighted by atomic mass is 10.0. The number of rotatable bonds is 3. The number of nitrogens with zero attached hydrogens (tertiary/aromatic N) is 3. The van der Waals surface area contributed by atoms with E-state index in [2.05, 4.69) is 20.2 Å². The third-order valence-electron chi connectivity index (χ3n) is 3.58. The summed E-state index contributed by atoms with van der Waals surface area (Å²) in [6.45, 7) is 1.99. The van der Waals surface area contributed by atoms with Crippen LogP contribution in [0, 0.1) is 0 Å². The fourth-order valence-electron chi connectivity index (χ4n) is 2.61. The highest BCUT2D eigenvalue weighted by atomic mass is 35.5. The Balaban J connectivity index is 1.80. The molecule has 0 spiro atoms. The average molecular weight is 294 g/mol. The molecule has 2 aromatic heterocycles. The van der Waals surface area contributed by atoms with Gasteiger partial charge in [0.15, 0.2) is 0 Å². The molecule has 3 nitrogen and oxygen atoms in total. The molecule has 0 N–H and O–H groups in total. The summed E-state index contributed by atoms with van der Waals surface area (Å²) in [5.41, 5.74) is 1.15. The van der Waals surface area contributed by atoms with Crippen molar-refractivity contribution in [3.05, 3.63) is 45.6 Å². The molecule has 1 aliphatic heterocycles. The van der Waals surface area contributed by atoms with Gasteiger partial charge in [0.25, 0.3) is 0 Å². The van der Waals surface area contributed by atoms with E-state index in [0.717, 1.165) is 23.7 Å². The molecule has 1 aliphatic rings. The standard InChI is InChI=1S/C14H16ClN3S/c15-12-9-16-5-4-11(12)10-18-7-2-1-3-13(18)14-17-6-8-19-14/h4-6,8-9,13H,1-3,7,10H2/t13-/m1/s1. The van der Waals surface area contributed by atoms with Gasteiger partial charge in [0.05, 0.1) is 11.1 Å². The molecule has 0 unspecified atom stereocenters. The summed E-state index contributed by atoms with van der Waals surface area (Å²) in [6, 6.07) is 2.45. The zero-order chi connectivity index (χ0) is 13.1. The summed E-state index contributed by atoms with van der Waals surface area (Å²) in [6.07, 6.45) is 9.15. The van der Waals surface area contributed by atoms with Crippen LogP contribution in [0.4, 0.5) is 0 Å². The van der Waals surface area contributed by atoms with E-state index in [1.807, 2.05) is 18.5 Å². The van der Waals surface area contributed by atoms with Crippen molar-refractivity contribution in [3.8, 4) is 0 Å². The Kier molecular flexibility index (Phi) is 4.11. The number of likely N-dealkylation sites (tertiary alicyclic amines) is 1. The normalized spacial score (nSPS) is 20.6. The van der Waals surface area contributed by atoms with Crippen molar-refractivity contribution in [2.24, 2.45) is 0 Å². The molecule has 1 saturated heterocycles. The second kappa shape index (κ2) is 5.99. The molecule has 100 valence electrons. The smallest absolute Gasteiger partial charge is 0.110 e. The van der Waals surface area contributed by atoms with E-state index in [0.29, 0.717) is 6.04 Å². The van der Waals surface area contributed by atoms with Gasteiger partial charge in [0.2, 0.25) is 0 Å². The maximum absolute atomic E-state index is 6.21. The highest BCUT2D eigenvalue weighted by molar-refractivity contribution is 7.09. The van der Waals surface area contributed by atoms with E-state index in [9.17, 15) is 0 Å². The summed E-state index contributed by atoms with van der Waals surface area (Å²) >= 11 is 7.96. The molecule has 0 bridgehead atoms. The first kappa shape index (κ1) is 13.0. The van der Waals surface area contributed by atoms with Gasteiger partial charge in [0.1, 0.15) is 5.01 Å². The fourth-order valence-corrected chi connectivity index (χ4v) is 3.60. The summed E-state index contributed by atoms with van der Waals surface area (Å²) in [5, 5.41) is 4.04. The van der Waals surface area contributed by atoms with Gasteiger partial charge >= 0.3 is 0 Å².